The Kier molecular flexibility index (Phi) is 5.13. The monoisotopic (exact) mass is 300 g/mol. The lowest BCUT2D eigenvalue weighted by Gasteiger charge is -2.38. The van der Waals surface area contributed by atoms with Crippen LogP contribution in [0.4, 0.5) is 0 Å². The van der Waals surface area contributed by atoms with Crippen molar-refractivity contribution in [3.05, 3.63) is 34.9 Å². The van der Waals surface area contributed by atoms with Crippen LogP contribution in [0.2, 0.25) is 5.02 Å². The lowest BCUT2D eigenvalue weighted by atomic mass is 9.87. The van der Waals surface area contributed by atoms with Crippen molar-refractivity contribution < 1.29 is 0 Å². The molecule has 4 heteroatoms. The van der Waals surface area contributed by atoms with Gasteiger partial charge < -0.3 is 5.32 Å². The van der Waals surface area contributed by atoms with Crippen LogP contribution in [-0.4, -0.2) is 31.1 Å². The molecular formula is C15H22Cl2N2. The molecule has 1 aromatic carbocycles. The third kappa shape index (κ3) is 3.08. The van der Waals surface area contributed by atoms with Crippen LogP contribution in [0.5, 0.6) is 0 Å². The zero-order valence-corrected chi connectivity index (χ0v) is 12.9. The van der Waals surface area contributed by atoms with Crippen LogP contribution >= 0.6 is 24.0 Å². The van der Waals surface area contributed by atoms with Crippen LogP contribution in [0.25, 0.3) is 0 Å². The van der Waals surface area contributed by atoms with Crippen LogP contribution in [0.1, 0.15) is 24.9 Å². The Morgan fingerprint density at radius 3 is 2.79 bits per heavy atom. The number of benzene rings is 1. The smallest absolute Gasteiger partial charge is 0.0453 e. The molecule has 3 rings (SSSR count). The fraction of sp³-hybridized carbons (Fsp3) is 0.600. The average molecular weight is 301 g/mol. The number of fused-ring (bicyclic) bond motifs is 1. The van der Waals surface area contributed by atoms with Crippen molar-refractivity contribution in [3.63, 3.8) is 0 Å². The van der Waals surface area contributed by atoms with Crippen molar-refractivity contribution in [1.82, 2.24) is 10.2 Å². The van der Waals surface area contributed by atoms with E-state index in [2.05, 4.69) is 29.3 Å². The highest BCUT2D eigenvalue weighted by atomic mass is 35.5. The zero-order chi connectivity index (χ0) is 12.5. The minimum Gasteiger partial charge on any atom is -0.316 e. The standard InChI is InChI=1S/C15H21ClN2.ClH/c1-11(14-4-2-3-5-15(14)16)18-7-6-12-8-17-9-13(12)10-18;/h2-5,11-13,17H,6-10H2,1H3;1H. The molecule has 106 valence electrons. The molecule has 2 nitrogen and oxygen atoms in total. The molecule has 3 atom stereocenters. The first-order valence-corrected chi connectivity index (χ1v) is 7.32. The fourth-order valence-electron chi connectivity index (χ4n) is 3.43. The molecule has 2 fully saturated rings. The topological polar surface area (TPSA) is 15.3 Å². The van der Waals surface area contributed by atoms with E-state index in [9.17, 15) is 0 Å². The molecule has 0 amide bonds. The third-order valence-corrected chi connectivity index (χ3v) is 4.98. The first-order chi connectivity index (χ1) is 8.75. The van der Waals surface area contributed by atoms with Gasteiger partial charge in [0, 0.05) is 17.6 Å². The molecule has 0 saturated carbocycles. The van der Waals surface area contributed by atoms with Crippen molar-refractivity contribution in [2.45, 2.75) is 19.4 Å². The second-order valence-electron chi connectivity index (χ2n) is 5.66. The summed E-state index contributed by atoms with van der Waals surface area (Å²) in [5.41, 5.74) is 1.27. The summed E-state index contributed by atoms with van der Waals surface area (Å²) in [5.74, 6) is 1.74. The molecule has 2 saturated heterocycles. The molecule has 0 bridgehead atoms. The van der Waals surface area contributed by atoms with Crippen LogP contribution in [0.3, 0.4) is 0 Å². The molecule has 0 aromatic heterocycles. The van der Waals surface area contributed by atoms with Gasteiger partial charge in [0.1, 0.15) is 0 Å². The normalized spacial score (nSPS) is 28.5. The van der Waals surface area contributed by atoms with Gasteiger partial charge in [-0.3, -0.25) is 4.90 Å². The highest BCUT2D eigenvalue weighted by Gasteiger charge is 2.34. The predicted octanol–water partition coefficient (Wildman–Crippen LogP) is 3.36. The Hall–Kier alpha value is -0.280. The van der Waals surface area contributed by atoms with Crippen molar-refractivity contribution in [2.24, 2.45) is 11.8 Å². The fourth-order valence-corrected chi connectivity index (χ4v) is 3.72. The molecule has 0 radical (unpaired) electrons. The van der Waals surface area contributed by atoms with Gasteiger partial charge in [-0.2, -0.15) is 0 Å². The van der Waals surface area contributed by atoms with Gasteiger partial charge in [-0.25, -0.2) is 0 Å². The second kappa shape index (κ2) is 6.45. The molecule has 1 aromatic rings. The summed E-state index contributed by atoms with van der Waals surface area (Å²) in [6.07, 6.45) is 1.33. The lowest BCUT2D eigenvalue weighted by molar-refractivity contribution is 0.111. The summed E-state index contributed by atoms with van der Waals surface area (Å²) in [6.45, 7) is 7.11. The van der Waals surface area contributed by atoms with Gasteiger partial charge in [0.15, 0.2) is 0 Å². The van der Waals surface area contributed by atoms with Crippen LogP contribution in [0.15, 0.2) is 24.3 Å². The minimum absolute atomic E-state index is 0. The SMILES string of the molecule is CC(c1ccccc1Cl)N1CCC2CNCC2C1.Cl. The Balaban J connectivity index is 0.00000133. The van der Waals surface area contributed by atoms with Crippen molar-refractivity contribution in [3.8, 4) is 0 Å². The van der Waals surface area contributed by atoms with E-state index in [1.807, 2.05) is 12.1 Å². The summed E-state index contributed by atoms with van der Waals surface area (Å²) in [7, 11) is 0. The van der Waals surface area contributed by atoms with Crippen molar-refractivity contribution in [1.29, 1.82) is 0 Å². The molecule has 2 heterocycles. The van der Waals surface area contributed by atoms with Gasteiger partial charge in [-0.1, -0.05) is 29.8 Å². The Morgan fingerprint density at radius 1 is 1.26 bits per heavy atom. The first kappa shape index (κ1) is 15.1. The highest BCUT2D eigenvalue weighted by Crippen LogP contribution is 2.33. The molecule has 19 heavy (non-hydrogen) atoms. The molecular weight excluding hydrogens is 279 g/mol. The van der Waals surface area contributed by atoms with E-state index in [1.165, 1.54) is 38.2 Å². The number of likely N-dealkylation sites (tertiary alicyclic amines) is 1. The van der Waals surface area contributed by atoms with E-state index in [0.717, 1.165) is 16.9 Å². The van der Waals surface area contributed by atoms with Gasteiger partial charge in [0.25, 0.3) is 0 Å². The molecule has 3 unspecified atom stereocenters. The van der Waals surface area contributed by atoms with E-state index in [1.54, 1.807) is 0 Å². The maximum Gasteiger partial charge on any atom is 0.0453 e. The Bertz CT molecular complexity index is 424. The van der Waals surface area contributed by atoms with E-state index in [4.69, 9.17) is 11.6 Å². The molecule has 0 aliphatic carbocycles. The quantitative estimate of drug-likeness (QED) is 0.901. The summed E-state index contributed by atoms with van der Waals surface area (Å²) in [6, 6.07) is 8.68. The van der Waals surface area contributed by atoms with Gasteiger partial charge >= 0.3 is 0 Å². The number of nitrogens with one attached hydrogen (secondary N) is 1. The number of hydrogen-bond donors (Lipinski definition) is 1. The molecule has 2 aliphatic rings. The van der Waals surface area contributed by atoms with E-state index in [-0.39, 0.29) is 12.4 Å². The van der Waals surface area contributed by atoms with Crippen LogP contribution < -0.4 is 5.32 Å². The number of halogens is 2. The maximum absolute atomic E-state index is 6.31. The lowest BCUT2D eigenvalue weighted by Crippen LogP contribution is -2.41. The van der Waals surface area contributed by atoms with Crippen LogP contribution in [-0.2, 0) is 0 Å². The summed E-state index contributed by atoms with van der Waals surface area (Å²) < 4.78 is 0. The number of hydrogen-bond acceptors (Lipinski definition) is 2. The zero-order valence-electron chi connectivity index (χ0n) is 11.3. The maximum atomic E-state index is 6.31. The summed E-state index contributed by atoms with van der Waals surface area (Å²) in [4.78, 5) is 2.59. The number of piperidine rings is 1. The number of rotatable bonds is 2. The Labute approximate surface area is 126 Å². The predicted molar refractivity (Wildman–Crippen MR) is 83.2 cm³/mol. The third-order valence-electron chi connectivity index (χ3n) is 4.64. The van der Waals surface area contributed by atoms with Crippen molar-refractivity contribution in [2.75, 3.05) is 26.2 Å². The Morgan fingerprint density at radius 2 is 2.00 bits per heavy atom. The van der Waals surface area contributed by atoms with Gasteiger partial charge in [-0.05, 0) is 56.4 Å². The van der Waals surface area contributed by atoms with E-state index in [0.29, 0.717) is 6.04 Å². The van der Waals surface area contributed by atoms with Crippen LogP contribution in [0, 0.1) is 11.8 Å². The first-order valence-electron chi connectivity index (χ1n) is 6.95. The second-order valence-corrected chi connectivity index (χ2v) is 6.07. The van der Waals surface area contributed by atoms with Gasteiger partial charge in [0.2, 0.25) is 0 Å². The van der Waals surface area contributed by atoms with Gasteiger partial charge in [0.05, 0.1) is 0 Å². The molecule has 1 N–H and O–H groups in total. The van der Waals surface area contributed by atoms with Crippen molar-refractivity contribution >= 4 is 24.0 Å². The highest BCUT2D eigenvalue weighted by molar-refractivity contribution is 6.31. The average Bonchev–Trinajstić information content (AvgIpc) is 2.85. The summed E-state index contributed by atoms with van der Waals surface area (Å²) >= 11 is 6.31. The molecule has 2 aliphatic heterocycles. The minimum atomic E-state index is 0. The number of nitrogens with zero attached hydrogens (tertiary/aromatic N) is 1. The largest absolute Gasteiger partial charge is 0.316 e. The van der Waals surface area contributed by atoms with E-state index >= 15 is 0 Å². The van der Waals surface area contributed by atoms with E-state index < -0.39 is 0 Å². The van der Waals surface area contributed by atoms with Gasteiger partial charge in [-0.15, -0.1) is 12.4 Å². The molecule has 0 spiro atoms. The summed E-state index contributed by atoms with van der Waals surface area (Å²) in [5, 5.41) is 4.42.